The molecule has 6 nitrogen and oxygen atoms in total. The second-order valence-electron chi connectivity index (χ2n) is 7.03. The number of amides is 1. The third-order valence-corrected chi connectivity index (χ3v) is 5.15. The predicted octanol–water partition coefficient (Wildman–Crippen LogP) is 6.32. The summed E-state index contributed by atoms with van der Waals surface area (Å²) >= 11 is 12.1. The topological polar surface area (TPSA) is 69.0 Å². The van der Waals surface area contributed by atoms with Crippen LogP contribution in [0.1, 0.15) is 21.6 Å². The van der Waals surface area contributed by atoms with Crippen molar-refractivity contribution in [2.45, 2.75) is 12.7 Å². The summed E-state index contributed by atoms with van der Waals surface area (Å²) in [6, 6.07) is 13.6. The van der Waals surface area contributed by atoms with Crippen LogP contribution < -0.4 is 10.1 Å². The maximum Gasteiger partial charge on any atom is 0.417 e. The fraction of sp³-hybridized carbons (Fsp3) is 0.0870. The summed E-state index contributed by atoms with van der Waals surface area (Å²) < 4.78 is 44.9. The first-order chi connectivity index (χ1) is 16.2. The van der Waals surface area contributed by atoms with Crippen LogP contribution in [0.25, 0.3) is 5.82 Å². The molecule has 0 fully saturated rings. The van der Waals surface area contributed by atoms with Crippen molar-refractivity contribution >= 4 is 29.1 Å². The van der Waals surface area contributed by atoms with Gasteiger partial charge in [0.25, 0.3) is 5.91 Å². The Morgan fingerprint density at radius 1 is 1.03 bits per heavy atom. The molecule has 1 aromatic carbocycles. The van der Waals surface area contributed by atoms with E-state index >= 15 is 0 Å². The van der Waals surface area contributed by atoms with E-state index in [9.17, 15) is 18.0 Å². The average molecular weight is 507 g/mol. The zero-order valence-corrected chi connectivity index (χ0v) is 18.7. The third-order valence-electron chi connectivity index (χ3n) is 4.66. The zero-order chi connectivity index (χ0) is 24.3. The Kier molecular flexibility index (Phi) is 6.76. The fourth-order valence-corrected chi connectivity index (χ4v) is 3.48. The van der Waals surface area contributed by atoms with Crippen LogP contribution in [0, 0.1) is 0 Å². The Morgan fingerprint density at radius 2 is 1.79 bits per heavy atom. The summed E-state index contributed by atoms with van der Waals surface area (Å²) in [5.74, 6) is 0.454. The Balaban J connectivity index is 1.38. The molecule has 11 heteroatoms. The number of aromatic nitrogens is 3. The molecule has 0 atom stereocenters. The van der Waals surface area contributed by atoms with E-state index in [0.29, 0.717) is 33.5 Å². The molecule has 174 valence electrons. The lowest BCUT2D eigenvalue weighted by Crippen LogP contribution is -2.25. The standard InChI is InChI=1S/C23H15Cl2F3N4O2/c24-16-10-18(25)21(30-13-16)32-9-1-2-19(32)22(33)31-11-14-3-6-17(7-4-14)34-20-8-5-15(12-29-20)23(26,27)28/h1-10,12-13H,11H2,(H,31,33). The summed E-state index contributed by atoms with van der Waals surface area (Å²) in [6.45, 7) is 0.227. The molecule has 0 spiro atoms. The van der Waals surface area contributed by atoms with E-state index in [0.717, 1.165) is 17.7 Å². The van der Waals surface area contributed by atoms with Crippen molar-refractivity contribution in [1.82, 2.24) is 19.9 Å². The number of nitrogens with zero attached hydrogens (tertiary/aromatic N) is 3. The van der Waals surface area contributed by atoms with Crippen LogP contribution in [0.15, 0.2) is 73.2 Å². The first kappa shape index (κ1) is 23.6. The quantitative estimate of drug-likeness (QED) is 0.332. The van der Waals surface area contributed by atoms with Crippen LogP contribution in [0.3, 0.4) is 0 Å². The molecule has 0 bridgehead atoms. The van der Waals surface area contributed by atoms with E-state index in [2.05, 4.69) is 15.3 Å². The summed E-state index contributed by atoms with van der Waals surface area (Å²) in [7, 11) is 0. The Labute approximate surface area is 201 Å². The van der Waals surface area contributed by atoms with Gasteiger partial charge in [0.15, 0.2) is 5.82 Å². The number of carbonyl (C=O) groups is 1. The lowest BCUT2D eigenvalue weighted by Gasteiger charge is -2.11. The van der Waals surface area contributed by atoms with Gasteiger partial charge in [-0.15, -0.1) is 0 Å². The molecule has 1 amide bonds. The highest BCUT2D eigenvalue weighted by Gasteiger charge is 2.30. The molecule has 0 aliphatic rings. The van der Waals surface area contributed by atoms with Crippen molar-refractivity contribution < 1.29 is 22.7 Å². The second kappa shape index (κ2) is 9.74. The van der Waals surface area contributed by atoms with Gasteiger partial charge in [0, 0.05) is 31.2 Å². The van der Waals surface area contributed by atoms with Gasteiger partial charge in [-0.1, -0.05) is 35.3 Å². The Hall–Kier alpha value is -3.56. The molecule has 1 N–H and O–H groups in total. The molecule has 4 rings (SSSR count). The number of pyridine rings is 2. The molecule has 0 aliphatic carbocycles. The van der Waals surface area contributed by atoms with Crippen molar-refractivity contribution in [3.05, 3.63) is 100 Å². The second-order valence-corrected chi connectivity index (χ2v) is 7.88. The molecule has 3 heterocycles. The normalized spacial score (nSPS) is 11.3. The molecular formula is C23H15Cl2F3N4O2. The average Bonchev–Trinajstić information content (AvgIpc) is 3.28. The van der Waals surface area contributed by atoms with Crippen LogP contribution in [-0.2, 0) is 12.7 Å². The van der Waals surface area contributed by atoms with E-state index in [1.807, 2.05) is 0 Å². The summed E-state index contributed by atoms with van der Waals surface area (Å²) in [5.41, 5.74) is 0.262. The number of hydrogen-bond acceptors (Lipinski definition) is 4. The molecule has 3 aromatic heterocycles. The van der Waals surface area contributed by atoms with Crippen molar-refractivity contribution in [1.29, 1.82) is 0 Å². The lowest BCUT2D eigenvalue weighted by molar-refractivity contribution is -0.137. The number of alkyl halides is 3. The number of rotatable bonds is 6. The largest absolute Gasteiger partial charge is 0.439 e. The van der Waals surface area contributed by atoms with Gasteiger partial charge in [-0.25, -0.2) is 9.97 Å². The maximum absolute atomic E-state index is 12.7. The molecule has 0 radical (unpaired) electrons. The molecule has 0 saturated carbocycles. The van der Waals surface area contributed by atoms with Crippen LogP contribution in [0.2, 0.25) is 10.0 Å². The lowest BCUT2D eigenvalue weighted by atomic mass is 10.2. The highest BCUT2D eigenvalue weighted by molar-refractivity contribution is 6.35. The molecule has 0 saturated heterocycles. The minimum atomic E-state index is -4.46. The minimum absolute atomic E-state index is 0.0317. The van der Waals surface area contributed by atoms with Gasteiger partial charge in [0.2, 0.25) is 5.88 Å². The van der Waals surface area contributed by atoms with E-state index in [1.54, 1.807) is 47.2 Å². The van der Waals surface area contributed by atoms with Crippen molar-refractivity contribution in [2.75, 3.05) is 0 Å². The predicted molar refractivity (Wildman–Crippen MR) is 121 cm³/mol. The number of benzene rings is 1. The van der Waals surface area contributed by atoms with Gasteiger partial charge in [-0.2, -0.15) is 13.2 Å². The first-order valence-corrected chi connectivity index (χ1v) is 10.5. The number of ether oxygens (including phenoxy) is 1. The molecule has 34 heavy (non-hydrogen) atoms. The number of hydrogen-bond donors (Lipinski definition) is 1. The van der Waals surface area contributed by atoms with Crippen LogP contribution >= 0.6 is 23.2 Å². The van der Waals surface area contributed by atoms with Gasteiger partial charge in [0.05, 0.1) is 15.6 Å². The maximum atomic E-state index is 12.7. The monoisotopic (exact) mass is 506 g/mol. The molecular weight excluding hydrogens is 492 g/mol. The SMILES string of the molecule is O=C(NCc1ccc(Oc2ccc(C(F)(F)F)cn2)cc1)c1cccn1-c1ncc(Cl)cc1Cl. The molecule has 0 unspecified atom stereocenters. The van der Waals surface area contributed by atoms with Crippen LogP contribution in [0.4, 0.5) is 13.2 Å². The number of halogens is 5. The molecule has 4 aromatic rings. The minimum Gasteiger partial charge on any atom is -0.439 e. The van der Waals surface area contributed by atoms with E-state index in [4.69, 9.17) is 27.9 Å². The highest BCUT2D eigenvalue weighted by atomic mass is 35.5. The van der Waals surface area contributed by atoms with Crippen molar-refractivity contribution in [2.24, 2.45) is 0 Å². The number of nitrogens with one attached hydrogen (secondary N) is 1. The Bertz CT molecular complexity index is 1310. The van der Waals surface area contributed by atoms with E-state index < -0.39 is 11.7 Å². The summed E-state index contributed by atoms with van der Waals surface area (Å²) in [4.78, 5) is 20.6. The third kappa shape index (κ3) is 5.49. The van der Waals surface area contributed by atoms with Gasteiger partial charge < -0.3 is 10.1 Å². The van der Waals surface area contributed by atoms with Gasteiger partial charge >= 0.3 is 6.18 Å². The Morgan fingerprint density at radius 3 is 2.44 bits per heavy atom. The van der Waals surface area contributed by atoms with Crippen LogP contribution in [0.5, 0.6) is 11.6 Å². The van der Waals surface area contributed by atoms with Gasteiger partial charge in [-0.05, 0) is 42.0 Å². The first-order valence-electron chi connectivity index (χ1n) is 9.78. The van der Waals surface area contributed by atoms with Gasteiger partial charge in [0.1, 0.15) is 11.4 Å². The number of carbonyl (C=O) groups excluding carboxylic acids is 1. The fourth-order valence-electron chi connectivity index (χ4n) is 3.01. The highest BCUT2D eigenvalue weighted by Crippen LogP contribution is 2.30. The van der Waals surface area contributed by atoms with Crippen molar-refractivity contribution in [3.63, 3.8) is 0 Å². The van der Waals surface area contributed by atoms with E-state index in [-0.39, 0.29) is 18.3 Å². The van der Waals surface area contributed by atoms with Crippen molar-refractivity contribution in [3.8, 4) is 17.4 Å². The zero-order valence-electron chi connectivity index (χ0n) is 17.2. The summed E-state index contributed by atoms with van der Waals surface area (Å²) in [6.07, 6.45) is -0.647. The van der Waals surface area contributed by atoms with E-state index in [1.165, 1.54) is 12.3 Å². The smallest absolute Gasteiger partial charge is 0.417 e. The summed E-state index contributed by atoms with van der Waals surface area (Å²) in [5, 5.41) is 3.50. The van der Waals surface area contributed by atoms with Crippen LogP contribution in [-0.4, -0.2) is 20.4 Å². The van der Waals surface area contributed by atoms with Gasteiger partial charge in [-0.3, -0.25) is 9.36 Å². The molecule has 0 aliphatic heterocycles.